The third-order valence-corrected chi connectivity index (χ3v) is 14.6. The highest BCUT2D eigenvalue weighted by atomic mass is 79.9. The van der Waals surface area contributed by atoms with Gasteiger partial charge in [0.05, 0.1) is 0 Å². The van der Waals surface area contributed by atoms with Gasteiger partial charge in [-0.15, -0.1) is 0 Å². The Balaban J connectivity index is 2.03. The van der Waals surface area contributed by atoms with E-state index in [1.54, 1.807) is 0 Å². The molecular formula is C28H36Br2OSi2. The fraction of sp³-hybridized carbons (Fsp3) is 0.286. The molecule has 0 bridgehead atoms. The number of rotatable bonds is 12. The van der Waals surface area contributed by atoms with Crippen LogP contribution >= 0.6 is 31.9 Å². The molecule has 33 heavy (non-hydrogen) atoms. The van der Waals surface area contributed by atoms with Gasteiger partial charge < -0.3 is 4.12 Å². The van der Waals surface area contributed by atoms with E-state index in [9.17, 15) is 0 Å². The standard InChI is InChI=1S/C28H36Br2OSi2/c1-7-25(29)13-9-11-23-15-19-27(20-16-23)32(3,4)31-33(5,6)28-21-17-24(18-22-28)12-10-14-26(30)8-2/h7-8,13-22H,1-2,9-12H2,3-6H3/b25-13-,26-14-. The summed E-state index contributed by atoms with van der Waals surface area (Å²) >= 11 is 6.97. The fourth-order valence-electron chi connectivity index (χ4n) is 3.82. The molecule has 5 heteroatoms. The summed E-state index contributed by atoms with van der Waals surface area (Å²) in [5.41, 5.74) is 2.71. The van der Waals surface area contributed by atoms with Gasteiger partial charge in [0.1, 0.15) is 0 Å². The third-order valence-electron chi connectivity index (χ3n) is 5.74. The van der Waals surface area contributed by atoms with Gasteiger partial charge in [0.15, 0.2) is 0 Å². The Morgan fingerprint density at radius 2 is 1.03 bits per heavy atom. The van der Waals surface area contributed by atoms with Crippen molar-refractivity contribution in [3.63, 3.8) is 0 Å². The van der Waals surface area contributed by atoms with Crippen molar-refractivity contribution in [2.24, 2.45) is 0 Å². The molecule has 0 atom stereocenters. The predicted octanol–water partition coefficient (Wildman–Crippen LogP) is 8.02. The van der Waals surface area contributed by atoms with E-state index >= 15 is 0 Å². The van der Waals surface area contributed by atoms with Crippen molar-refractivity contribution in [2.45, 2.75) is 51.9 Å². The molecule has 0 aromatic heterocycles. The van der Waals surface area contributed by atoms with Gasteiger partial charge in [-0.1, -0.05) is 118 Å². The molecule has 0 spiro atoms. The number of benzene rings is 2. The Morgan fingerprint density at radius 1 is 0.697 bits per heavy atom. The summed E-state index contributed by atoms with van der Waals surface area (Å²) in [6.45, 7) is 16.8. The molecule has 0 aliphatic carbocycles. The van der Waals surface area contributed by atoms with Crippen LogP contribution in [0.1, 0.15) is 24.0 Å². The van der Waals surface area contributed by atoms with Gasteiger partial charge in [-0.05, 0) is 73.4 Å². The smallest absolute Gasteiger partial charge is 0.206 e. The number of hydrogen-bond donors (Lipinski definition) is 0. The second-order valence-corrected chi connectivity index (χ2v) is 19.0. The van der Waals surface area contributed by atoms with Crippen molar-refractivity contribution < 1.29 is 4.12 Å². The van der Waals surface area contributed by atoms with Gasteiger partial charge in [0.2, 0.25) is 16.6 Å². The summed E-state index contributed by atoms with van der Waals surface area (Å²) in [5.74, 6) is 0. The average Bonchev–Trinajstić information content (AvgIpc) is 2.78. The monoisotopic (exact) mass is 602 g/mol. The van der Waals surface area contributed by atoms with Crippen LogP contribution in [0.4, 0.5) is 0 Å². The summed E-state index contributed by atoms with van der Waals surface area (Å²) < 4.78 is 9.06. The molecule has 176 valence electrons. The molecule has 2 rings (SSSR count). The lowest BCUT2D eigenvalue weighted by atomic mass is 10.1. The largest absolute Gasteiger partial charge is 0.449 e. The van der Waals surface area contributed by atoms with Crippen LogP contribution in [0, 0.1) is 0 Å². The van der Waals surface area contributed by atoms with E-state index < -0.39 is 16.6 Å². The molecular weight excluding hydrogens is 568 g/mol. The predicted molar refractivity (Wildman–Crippen MR) is 159 cm³/mol. The topological polar surface area (TPSA) is 9.23 Å². The van der Waals surface area contributed by atoms with E-state index in [1.807, 2.05) is 12.2 Å². The molecule has 0 heterocycles. The minimum Gasteiger partial charge on any atom is -0.449 e. The Hall–Kier alpha value is -1.25. The highest BCUT2D eigenvalue weighted by Gasteiger charge is 2.35. The molecule has 0 N–H and O–H groups in total. The highest BCUT2D eigenvalue weighted by molar-refractivity contribution is 9.12. The summed E-state index contributed by atoms with van der Waals surface area (Å²) in [7, 11) is -4.04. The Kier molecular flexibility index (Phi) is 11.0. The summed E-state index contributed by atoms with van der Waals surface area (Å²) in [5, 5.41) is 2.71. The van der Waals surface area contributed by atoms with Crippen LogP contribution in [-0.4, -0.2) is 16.6 Å². The van der Waals surface area contributed by atoms with E-state index in [0.717, 1.165) is 34.6 Å². The minimum absolute atomic E-state index is 1.00. The molecule has 0 aliphatic heterocycles. The number of hydrogen-bond acceptors (Lipinski definition) is 1. The van der Waals surface area contributed by atoms with E-state index in [4.69, 9.17) is 4.12 Å². The summed E-state index contributed by atoms with van der Waals surface area (Å²) in [6, 6.07) is 18.1. The first-order chi connectivity index (χ1) is 15.6. The maximum Gasteiger partial charge on any atom is 0.206 e. The summed E-state index contributed by atoms with van der Waals surface area (Å²) in [6.07, 6.45) is 12.0. The second kappa shape index (κ2) is 13.0. The molecule has 2 aromatic rings. The SMILES string of the molecule is C=C/C(Br)=C/CCc1ccc([Si](C)(C)O[Si](C)(C)c2ccc(CC/C=C(\Br)C=C)cc2)cc1. The zero-order chi connectivity index (χ0) is 24.5. The van der Waals surface area contributed by atoms with Gasteiger partial charge in [-0.2, -0.15) is 0 Å². The van der Waals surface area contributed by atoms with Crippen LogP contribution in [0.15, 0.2) is 95.0 Å². The molecule has 0 saturated heterocycles. The van der Waals surface area contributed by atoms with Crippen molar-refractivity contribution in [3.05, 3.63) is 106 Å². The average molecular weight is 605 g/mol. The molecule has 2 aromatic carbocycles. The fourth-order valence-corrected chi connectivity index (χ4v) is 12.3. The zero-order valence-corrected chi connectivity index (χ0v) is 25.5. The lowest BCUT2D eigenvalue weighted by molar-refractivity contribution is 0.573. The van der Waals surface area contributed by atoms with Crippen LogP contribution in [0.5, 0.6) is 0 Å². The normalized spacial score (nSPS) is 13.2. The second-order valence-electron chi connectivity index (χ2n) is 9.18. The maximum atomic E-state index is 6.96. The number of aryl methyl sites for hydroxylation is 2. The quantitative estimate of drug-likeness (QED) is 0.176. The van der Waals surface area contributed by atoms with Crippen LogP contribution < -0.4 is 10.4 Å². The van der Waals surface area contributed by atoms with Crippen LogP contribution in [0.25, 0.3) is 0 Å². The summed E-state index contributed by atoms with van der Waals surface area (Å²) in [4.78, 5) is 0. The van der Waals surface area contributed by atoms with Crippen LogP contribution in [-0.2, 0) is 17.0 Å². The van der Waals surface area contributed by atoms with Gasteiger partial charge in [0.25, 0.3) is 0 Å². The van der Waals surface area contributed by atoms with Crippen molar-refractivity contribution in [3.8, 4) is 0 Å². The first-order valence-corrected chi connectivity index (χ1v) is 18.8. The molecule has 1 nitrogen and oxygen atoms in total. The van der Waals surface area contributed by atoms with E-state index in [2.05, 4.69) is 132 Å². The number of allylic oxidation sites excluding steroid dienone is 6. The van der Waals surface area contributed by atoms with Gasteiger partial charge >= 0.3 is 0 Å². The van der Waals surface area contributed by atoms with Gasteiger partial charge in [-0.25, -0.2) is 0 Å². The molecule has 0 amide bonds. The first-order valence-electron chi connectivity index (χ1n) is 11.4. The van der Waals surface area contributed by atoms with Crippen molar-refractivity contribution in [2.75, 3.05) is 0 Å². The van der Waals surface area contributed by atoms with E-state index in [-0.39, 0.29) is 0 Å². The molecule has 0 radical (unpaired) electrons. The Bertz CT molecular complexity index is 906. The van der Waals surface area contributed by atoms with Crippen molar-refractivity contribution in [1.82, 2.24) is 0 Å². The molecule has 0 aliphatic rings. The van der Waals surface area contributed by atoms with Crippen LogP contribution in [0.3, 0.4) is 0 Å². The Labute approximate surface area is 219 Å². The maximum absolute atomic E-state index is 6.96. The Morgan fingerprint density at radius 3 is 1.33 bits per heavy atom. The van der Waals surface area contributed by atoms with Gasteiger partial charge in [0, 0.05) is 8.96 Å². The molecule has 0 saturated carbocycles. The lowest BCUT2D eigenvalue weighted by Gasteiger charge is -2.34. The van der Waals surface area contributed by atoms with E-state index in [0.29, 0.717) is 0 Å². The third kappa shape index (κ3) is 9.14. The highest BCUT2D eigenvalue weighted by Crippen LogP contribution is 2.17. The first kappa shape index (κ1) is 28.0. The van der Waals surface area contributed by atoms with Gasteiger partial charge in [-0.3, -0.25) is 0 Å². The van der Waals surface area contributed by atoms with Crippen molar-refractivity contribution >= 4 is 58.9 Å². The molecule has 0 unspecified atom stereocenters. The van der Waals surface area contributed by atoms with Crippen molar-refractivity contribution in [1.29, 1.82) is 0 Å². The van der Waals surface area contributed by atoms with Crippen LogP contribution in [0.2, 0.25) is 26.2 Å². The lowest BCUT2D eigenvalue weighted by Crippen LogP contribution is -2.57. The van der Waals surface area contributed by atoms with E-state index in [1.165, 1.54) is 21.5 Å². The molecule has 0 fully saturated rings. The number of halogens is 2. The minimum atomic E-state index is -2.02. The zero-order valence-electron chi connectivity index (χ0n) is 20.3.